The standard InChI is InChI=1S/C11H20N2O4/c1-7(5-10(16)17)4-9(15)13-11(2,3)6-8(12)14/h7H,4-6H2,1-3H3,(H2,12,14)(H,13,15)(H,16,17). The Labute approximate surface area is 101 Å². The van der Waals surface area contributed by atoms with Crippen molar-refractivity contribution in [1.29, 1.82) is 0 Å². The van der Waals surface area contributed by atoms with Crippen LogP contribution in [0.3, 0.4) is 0 Å². The number of nitrogens with two attached hydrogens (primary N) is 1. The lowest BCUT2D eigenvalue weighted by molar-refractivity contribution is -0.138. The van der Waals surface area contributed by atoms with E-state index >= 15 is 0 Å². The molecule has 0 aliphatic rings. The molecule has 0 fully saturated rings. The maximum Gasteiger partial charge on any atom is 0.303 e. The van der Waals surface area contributed by atoms with Crippen molar-refractivity contribution in [2.45, 2.75) is 45.6 Å². The van der Waals surface area contributed by atoms with Gasteiger partial charge in [-0.2, -0.15) is 0 Å². The van der Waals surface area contributed by atoms with Gasteiger partial charge >= 0.3 is 5.97 Å². The van der Waals surface area contributed by atoms with Gasteiger partial charge in [0.2, 0.25) is 11.8 Å². The average Bonchev–Trinajstić information content (AvgIpc) is 1.95. The molecule has 17 heavy (non-hydrogen) atoms. The lowest BCUT2D eigenvalue weighted by Crippen LogP contribution is -2.46. The zero-order valence-electron chi connectivity index (χ0n) is 10.4. The molecule has 0 aliphatic heterocycles. The molecule has 0 aromatic heterocycles. The Morgan fingerprint density at radius 3 is 2.24 bits per heavy atom. The molecule has 6 nitrogen and oxygen atoms in total. The first-order valence-corrected chi connectivity index (χ1v) is 5.43. The van der Waals surface area contributed by atoms with Crippen LogP contribution in [0.15, 0.2) is 0 Å². The van der Waals surface area contributed by atoms with E-state index in [1.165, 1.54) is 0 Å². The van der Waals surface area contributed by atoms with Crippen LogP contribution in [0.4, 0.5) is 0 Å². The molecule has 0 rings (SSSR count). The Morgan fingerprint density at radius 1 is 1.29 bits per heavy atom. The Morgan fingerprint density at radius 2 is 1.82 bits per heavy atom. The van der Waals surface area contributed by atoms with Gasteiger partial charge in [-0.1, -0.05) is 6.92 Å². The lowest BCUT2D eigenvalue weighted by atomic mass is 9.98. The van der Waals surface area contributed by atoms with Crippen LogP contribution < -0.4 is 11.1 Å². The predicted molar refractivity (Wildman–Crippen MR) is 62.1 cm³/mol. The highest BCUT2D eigenvalue weighted by Crippen LogP contribution is 2.11. The van der Waals surface area contributed by atoms with Gasteiger partial charge in [0.05, 0.1) is 0 Å². The predicted octanol–water partition coefficient (Wildman–Crippen LogP) is 0.258. The molecule has 0 saturated heterocycles. The molecule has 0 bridgehead atoms. The van der Waals surface area contributed by atoms with Crippen LogP contribution in [0.1, 0.15) is 40.0 Å². The average molecular weight is 244 g/mol. The maximum atomic E-state index is 11.6. The van der Waals surface area contributed by atoms with Crippen molar-refractivity contribution in [2.75, 3.05) is 0 Å². The molecular weight excluding hydrogens is 224 g/mol. The SMILES string of the molecule is CC(CC(=O)O)CC(=O)NC(C)(C)CC(N)=O. The molecule has 98 valence electrons. The number of hydrogen-bond acceptors (Lipinski definition) is 3. The number of carboxylic acids is 1. The molecule has 0 aromatic rings. The van der Waals surface area contributed by atoms with Gasteiger partial charge in [-0.15, -0.1) is 0 Å². The van der Waals surface area contributed by atoms with Gasteiger partial charge in [-0.05, 0) is 19.8 Å². The van der Waals surface area contributed by atoms with E-state index in [-0.39, 0.29) is 31.1 Å². The largest absolute Gasteiger partial charge is 0.481 e. The van der Waals surface area contributed by atoms with Crippen LogP contribution in [-0.2, 0) is 14.4 Å². The monoisotopic (exact) mass is 244 g/mol. The fourth-order valence-corrected chi connectivity index (χ4v) is 1.59. The summed E-state index contributed by atoms with van der Waals surface area (Å²) in [5, 5.41) is 11.2. The van der Waals surface area contributed by atoms with Crippen molar-refractivity contribution < 1.29 is 19.5 Å². The van der Waals surface area contributed by atoms with E-state index in [0.29, 0.717) is 0 Å². The third-order valence-corrected chi connectivity index (χ3v) is 2.15. The molecule has 2 amide bonds. The summed E-state index contributed by atoms with van der Waals surface area (Å²) in [4.78, 5) is 32.8. The van der Waals surface area contributed by atoms with E-state index in [2.05, 4.69) is 5.32 Å². The minimum Gasteiger partial charge on any atom is -0.481 e. The number of primary amides is 1. The third kappa shape index (κ3) is 8.24. The summed E-state index contributed by atoms with van der Waals surface area (Å²) in [7, 11) is 0. The zero-order chi connectivity index (χ0) is 13.6. The van der Waals surface area contributed by atoms with Gasteiger partial charge < -0.3 is 16.2 Å². The van der Waals surface area contributed by atoms with Gasteiger partial charge in [-0.25, -0.2) is 0 Å². The van der Waals surface area contributed by atoms with Crippen LogP contribution in [-0.4, -0.2) is 28.4 Å². The van der Waals surface area contributed by atoms with Crippen molar-refractivity contribution in [3.63, 3.8) is 0 Å². The summed E-state index contributed by atoms with van der Waals surface area (Å²) in [6, 6.07) is 0. The summed E-state index contributed by atoms with van der Waals surface area (Å²) in [6.45, 7) is 5.07. The van der Waals surface area contributed by atoms with Crippen LogP contribution in [0.5, 0.6) is 0 Å². The summed E-state index contributed by atoms with van der Waals surface area (Å²) in [5.74, 6) is -1.93. The molecule has 1 atom stereocenters. The first-order valence-electron chi connectivity index (χ1n) is 5.43. The van der Waals surface area contributed by atoms with Gasteiger partial charge in [-0.3, -0.25) is 14.4 Å². The van der Waals surface area contributed by atoms with E-state index in [4.69, 9.17) is 10.8 Å². The fraction of sp³-hybridized carbons (Fsp3) is 0.727. The highest BCUT2D eigenvalue weighted by Gasteiger charge is 2.23. The van der Waals surface area contributed by atoms with E-state index in [0.717, 1.165) is 0 Å². The summed E-state index contributed by atoms with van der Waals surface area (Å²) in [6.07, 6.45) is 0.115. The third-order valence-electron chi connectivity index (χ3n) is 2.15. The number of aliphatic carboxylic acids is 1. The van der Waals surface area contributed by atoms with Crippen LogP contribution >= 0.6 is 0 Å². The van der Waals surface area contributed by atoms with Gasteiger partial charge in [0.25, 0.3) is 0 Å². The van der Waals surface area contributed by atoms with Gasteiger partial charge in [0, 0.05) is 24.8 Å². The topological polar surface area (TPSA) is 109 Å². The van der Waals surface area contributed by atoms with Crippen molar-refractivity contribution in [3.8, 4) is 0 Å². The second kappa shape index (κ2) is 6.22. The highest BCUT2D eigenvalue weighted by atomic mass is 16.4. The maximum absolute atomic E-state index is 11.6. The van der Waals surface area contributed by atoms with Gasteiger partial charge in [0.1, 0.15) is 0 Å². The lowest BCUT2D eigenvalue weighted by Gasteiger charge is -2.25. The van der Waals surface area contributed by atoms with Crippen molar-refractivity contribution >= 4 is 17.8 Å². The molecule has 0 aromatic carbocycles. The smallest absolute Gasteiger partial charge is 0.303 e. The van der Waals surface area contributed by atoms with E-state index in [1.54, 1.807) is 20.8 Å². The number of carboxylic acid groups (broad SMARTS) is 1. The van der Waals surface area contributed by atoms with Crippen molar-refractivity contribution in [1.82, 2.24) is 5.32 Å². The van der Waals surface area contributed by atoms with Crippen LogP contribution in [0.2, 0.25) is 0 Å². The summed E-state index contributed by atoms with van der Waals surface area (Å²) >= 11 is 0. The minimum atomic E-state index is -0.929. The molecule has 1 unspecified atom stereocenters. The summed E-state index contributed by atoms with van der Waals surface area (Å²) in [5.41, 5.74) is 4.35. The number of carbonyl (C=O) groups is 3. The molecule has 0 heterocycles. The Kier molecular flexibility index (Phi) is 5.64. The first-order chi connectivity index (χ1) is 7.62. The minimum absolute atomic E-state index is 0.0477. The molecular formula is C11H20N2O4. The molecule has 0 aliphatic carbocycles. The molecule has 4 N–H and O–H groups in total. The number of hydrogen-bond donors (Lipinski definition) is 3. The Balaban J connectivity index is 4.17. The number of nitrogens with one attached hydrogen (secondary N) is 1. The molecule has 0 spiro atoms. The Bertz CT molecular complexity index is 313. The van der Waals surface area contributed by atoms with Crippen LogP contribution in [0.25, 0.3) is 0 Å². The quantitative estimate of drug-likeness (QED) is 0.596. The van der Waals surface area contributed by atoms with E-state index < -0.39 is 17.4 Å². The van der Waals surface area contributed by atoms with Crippen molar-refractivity contribution in [3.05, 3.63) is 0 Å². The second-order valence-corrected chi connectivity index (χ2v) is 4.98. The van der Waals surface area contributed by atoms with Crippen LogP contribution in [0, 0.1) is 5.92 Å². The molecule has 0 radical (unpaired) electrons. The highest BCUT2D eigenvalue weighted by molar-refractivity contribution is 5.80. The fourth-order valence-electron chi connectivity index (χ4n) is 1.59. The second-order valence-electron chi connectivity index (χ2n) is 4.98. The molecule has 0 saturated carbocycles. The van der Waals surface area contributed by atoms with Gasteiger partial charge in [0.15, 0.2) is 0 Å². The molecule has 6 heteroatoms. The van der Waals surface area contributed by atoms with E-state index in [1.807, 2.05) is 0 Å². The number of carbonyl (C=O) groups excluding carboxylic acids is 2. The number of amides is 2. The normalized spacial score (nSPS) is 12.9. The number of rotatable bonds is 7. The van der Waals surface area contributed by atoms with E-state index in [9.17, 15) is 14.4 Å². The Hall–Kier alpha value is -1.59. The zero-order valence-corrected chi connectivity index (χ0v) is 10.4. The summed E-state index contributed by atoms with van der Waals surface area (Å²) < 4.78 is 0. The van der Waals surface area contributed by atoms with Crippen molar-refractivity contribution in [2.24, 2.45) is 11.7 Å². The first kappa shape index (κ1) is 15.4.